The number of benzene rings is 1. The van der Waals surface area contributed by atoms with Gasteiger partial charge in [0.2, 0.25) is 0 Å². The molecule has 104 valence electrons. The molecular weight excluding hydrogens is 328 g/mol. The molecule has 1 aliphatic heterocycles. The van der Waals surface area contributed by atoms with E-state index in [1.807, 2.05) is 6.07 Å². The van der Waals surface area contributed by atoms with Crippen LogP contribution in [0.2, 0.25) is 5.02 Å². The number of halogens is 2. The Bertz CT molecular complexity index is 461. The zero-order chi connectivity index (χ0) is 13.8. The Kier molecular flexibility index (Phi) is 5.25. The van der Waals surface area contributed by atoms with E-state index < -0.39 is 0 Å². The number of carbonyl (C=O) groups excluding carboxylic acids is 1. The third-order valence-corrected chi connectivity index (χ3v) is 4.38. The van der Waals surface area contributed by atoms with Gasteiger partial charge in [0.1, 0.15) is 0 Å². The van der Waals surface area contributed by atoms with E-state index in [1.54, 1.807) is 12.1 Å². The van der Waals surface area contributed by atoms with E-state index in [-0.39, 0.29) is 11.9 Å². The molecule has 1 saturated heterocycles. The zero-order valence-corrected chi connectivity index (χ0v) is 13.2. The standard InChI is InChI=1S/C14H18BrClN2O/c1-9(10-3-2-6-17-8-10)18-14(19)12-5-4-11(15)7-13(12)16/h4-5,7,9-10,17H,2-3,6,8H2,1H3,(H,18,19). The molecule has 1 aromatic rings. The number of carbonyl (C=O) groups is 1. The minimum absolute atomic E-state index is 0.101. The first-order valence-electron chi connectivity index (χ1n) is 6.54. The molecule has 2 atom stereocenters. The van der Waals surface area contributed by atoms with Crippen molar-refractivity contribution in [3.8, 4) is 0 Å². The first-order chi connectivity index (χ1) is 9.08. The van der Waals surface area contributed by atoms with Gasteiger partial charge in [-0.25, -0.2) is 0 Å². The molecule has 1 fully saturated rings. The Morgan fingerprint density at radius 1 is 1.58 bits per heavy atom. The predicted octanol–water partition coefficient (Wildman–Crippen LogP) is 3.22. The highest BCUT2D eigenvalue weighted by molar-refractivity contribution is 9.10. The topological polar surface area (TPSA) is 41.1 Å². The van der Waals surface area contributed by atoms with Gasteiger partial charge in [0.15, 0.2) is 0 Å². The van der Waals surface area contributed by atoms with Gasteiger partial charge in [-0.05, 0) is 57.0 Å². The molecule has 2 unspecified atom stereocenters. The summed E-state index contributed by atoms with van der Waals surface area (Å²) >= 11 is 9.42. The Balaban J connectivity index is 1.99. The lowest BCUT2D eigenvalue weighted by molar-refractivity contribution is 0.0922. The SMILES string of the molecule is CC(NC(=O)c1ccc(Br)cc1Cl)C1CCCNC1. The maximum absolute atomic E-state index is 12.2. The maximum atomic E-state index is 12.2. The smallest absolute Gasteiger partial charge is 0.253 e. The minimum atomic E-state index is -0.101. The van der Waals surface area contributed by atoms with Gasteiger partial charge in [0.05, 0.1) is 10.6 Å². The van der Waals surface area contributed by atoms with Crippen molar-refractivity contribution in [1.82, 2.24) is 10.6 Å². The lowest BCUT2D eigenvalue weighted by atomic mass is 9.92. The van der Waals surface area contributed by atoms with Gasteiger partial charge >= 0.3 is 0 Å². The molecule has 1 aromatic carbocycles. The highest BCUT2D eigenvalue weighted by atomic mass is 79.9. The average Bonchev–Trinajstić information content (AvgIpc) is 2.39. The van der Waals surface area contributed by atoms with Crippen molar-refractivity contribution in [2.24, 2.45) is 5.92 Å². The van der Waals surface area contributed by atoms with Gasteiger partial charge in [-0.15, -0.1) is 0 Å². The molecule has 0 bridgehead atoms. The second-order valence-electron chi connectivity index (χ2n) is 4.99. The lowest BCUT2D eigenvalue weighted by Gasteiger charge is -2.29. The Morgan fingerprint density at radius 3 is 3.00 bits per heavy atom. The number of rotatable bonds is 3. The summed E-state index contributed by atoms with van der Waals surface area (Å²) in [6, 6.07) is 5.46. The molecule has 0 saturated carbocycles. The summed E-state index contributed by atoms with van der Waals surface area (Å²) in [6.45, 7) is 4.10. The van der Waals surface area contributed by atoms with Crippen LogP contribution in [0.5, 0.6) is 0 Å². The van der Waals surface area contributed by atoms with Crippen molar-refractivity contribution < 1.29 is 4.79 Å². The molecule has 0 spiro atoms. The van der Waals surface area contributed by atoms with Gasteiger partial charge in [-0.1, -0.05) is 27.5 Å². The largest absolute Gasteiger partial charge is 0.349 e. The third kappa shape index (κ3) is 3.94. The molecule has 0 aliphatic carbocycles. The van der Waals surface area contributed by atoms with Gasteiger partial charge in [0.25, 0.3) is 5.91 Å². The van der Waals surface area contributed by atoms with Crippen LogP contribution in [0, 0.1) is 5.92 Å². The zero-order valence-electron chi connectivity index (χ0n) is 10.9. The molecule has 0 aromatic heterocycles. The Morgan fingerprint density at radius 2 is 2.37 bits per heavy atom. The van der Waals surface area contributed by atoms with E-state index in [4.69, 9.17) is 11.6 Å². The summed E-state index contributed by atoms with van der Waals surface area (Å²) < 4.78 is 0.874. The van der Waals surface area contributed by atoms with Crippen LogP contribution in [0.25, 0.3) is 0 Å². The van der Waals surface area contributed by atoms with Crippen molar-refractivity contribution in [2.75, 3.05) is 13.1 Å². The lowest BCUT2D eigenvalue weighted by Crippen LogP contribution is -2.44. The summed E-state index contributed by atoms with van der Waals surface area (Å²) in [7, 11) is 0. The number of hydrogen-bond acceptors (Lipinski definition) is 2. The second kappa shape index (κ2) is 6.73. The van der Waals surface area contributed by atoms with E-state index in [1.165, 1.54) is 6.42 Å². The molecular formula is C14H18BrClN2O. The number of amides is 1. The van der Waals surface area contributed by atoms with Crippen LogP contribution in [0.3, 0.4) is 0 Å². The van der Waals surface area contributed by atoms with Crippen molar-refractivity contribution in [1.29, 1.82) is 0 Å². The fourth-order valence-electron chi connectivity index (χ4n) is 2.38. The summed E-state index contributed by atoms with van der Waals surface area (Å²) in [5.74, 6) is 0.391. The number of piperidine rings is 1. The monoisotopic (exact) mass is 344 g/mol. The molecule has 1 heterocycles. The molecule has 19 heavy (non-hydrogen) atoms. The van der Waals surface area contributed by atoms with Crippen molar-refractivity contribution in [2.45, 2.75) is 25.8 Å². The molecule has 2 N–H and O–H groups in total. The third-order valence-electron chi connectivity index (χ3n) is 3.58. The van der Waals surface area contributed by atoms with E-state index in [2.05, 4.69) is 33.5 Å². The highest BCUT2D eigenvalue weighted by Gasteiger charge is 2.22. The van der Waals surface area contributed by atoms with Crippen LogP contribution in [0.1, 0.15) is 30.1 Å². The van der Waals surface area contributed by atoms with E-state index in [0.717, 1.165) is 24.0 Å². The molecule has 1 aliphatic rings. The Labute approximate surface area is 127 Å². The van der Waals surface area contributed by atoms with Crippen LogP contribution in [0.15, 0.2) is 22.7 Å². The molecule has 3 nitrogen and oxygen atoms in total. The quantitative estimate of drug-likeness (QED) is 0.883. The van der Waals surface area contributed by atoms with Gasteiger partial charge in [0, 0.05) is 10.5 Å². The molecule has 5 heteroatoms. The van der Waals surface area contributed by atoms with E-state index in [9.17, 15) is 4.79 Å². The fraction of sp³-hybridized carbons (Fsp3) is 0.500. The van der Waals surface area contributed by atoms with Crippen LogP contribution < -0.4 is 10.6 Å². The maximum Gasteiger partial charge on any atom is 0.253 e. The fourth-order valence-corrected chi connectivity index (χ4v) is 3.14. The van der Waals surface area contributed by atoms with Crippen molar-refractivity contribution >= 4 is 33.4 Å². The summed E-state index contributed by atoms with van der Waals surface area (Å²) in [4.78, 5) is 12.2. The summed E-state index contributed by atoms with van der Waals surface area (Å²) in [5, 5.41) is 6.88. The van der Waals surface area contributed by atoms with E-state index >= 15 is 0 Å². The van der Waals surface area contributed by atoms with Crippen LogP contribution in [0.4, 0.5) is 0 Å². The first kappa shape index (κ1) is 14.8. The van der Waals surface area contributed by atoms with Gasteiger partial charge in [-0.2, -0.15) is 0 Å². The predicted molar refractivity (Wildman–Crippen MR) is 81.7 cm³/mol. The van der Waals surface area contributed by atoms with Crippen LogP contribution in [-0.2, 0) is 0 Å². The van der Waals surface area contributed by atoms with Crippen LogP contribution in [-0.4, -0.2) is 25.0 Å². The minimum Gasteiger partial charge on any atom is -0.349 e. The molecule has 1 amide bonds. The molecule has 2 rings (SSSR count). The van der Waals surface area contributed by atoms with Crippen molar-refractivity contribution in [3.05, 3.63) is 33.3 Å². The summed E-state index contributed by atoms with van der Waals surface area (Å²) in [6.07, 6.45) is 2.33. The van der Waals surface area contributed by atoms with Gasteiger partial charge in [-0.3, -0.25) is 4.79 Å². The second-order valence-corrected chi connectivity index (χ2v) is 6.32. The number of nitrogens with one attached hydrogen (secondary N) is 2. The van der Waals surface area contributed by atoms with Crippen LogP contribution >= 0.6 is 27.5 Å². The number of hydrogen-bond donors (Lipinski definition) is 2. The normalized spacial score (nSPS) is 20.9. The average molecular weight is 346 g/mol. The van der Waals surface area contributed by atoms with Gasteiger partial charge < -0.3 is 10.6 Å². The first-order valence-corrected chi connectivity index (χ1v) is 7.71. The summed E-state index contributed by atoms with van der Waals surface area (Å²) in [5.41, 5.74) is 0.528. The van der Waals surface area contributed by atoms with Crippen molar-refractivity contribution in [3.63, 3.8) is 0 Å². The van der Waals surface area contributed by atoms with E-state index in [0.29, 0.717) is 16.5 Å². The Hall–Kier alpha value is -0.580. The molecule has 0 radical (unpaired) electrons. The highest BCUT2D eigenvalue weighted by Crippen LogP contribution is 2.22.